The number of hydrogen-bond acceptors (Lipinski definition) is 5. The van der Waals surface area contributed by atoms with E-state index in [0.717, 1.165) is 0 Å². The van der Waals surface area contributed by atoms with Crippen LogP contribution in [0.15, 0.2) is 22.7 Å². The molecule has 0 aliphatic carbocycles. The predicted octanol–water partition coefficient (Wildman–Crippen LogP) is 2.37. The second kappa shape index (κ2) is 5.01. The molecule has 0 radical (unpaired) electrons. The number of aryl methyl sites for hydroxylation is 1. The minimum absolute atomic E-state index is 0.0200. The highest BCUT2D eigenvalue weighted by molar-refractivity contribution is 5.96. The Morgan fingerprint density at radius 1 is 1.32 bits per heavy atom. The van der Waals surface area contributed by atoms with Crippen molar-refractivity contribution in [1.82, 2.24) is 5.16 Å². The van der Waals surface area contributed by atoms with E-state index in [1.54, 1.807) is 25.1 Å². The number of hydrogen-bond donors (Lipinski definition) is 1. The van der Waals surface area contributed by atoms with Crippen LogP contribution in [0.5, 0.6) is 11.5 Å². The molecule has 0 aliphatic heterocycles. The van der Waals surface area contributed by atoms with Crippen LogP contribution in [0.1, 0.15) is 16.1 Å². The second-order valence-electron chi connectivity index (χ2n) is 3.84. The summed E-state index contributed by atoms with van der Waals surface area (Å²) in [5, 5.41) is 12.9. The van der Waals surface area contributed by atoms with Gasteiger partial charge in [-0.15, -0.1) is 0 Å². The highest BCUT2D eigenvalue weighted by Crippen LogP contribution is 2.36. The number of nitrogens with zero attached hydrogens (tertiary/aromatic N) is 1. The van der Waals surface area contributed by atoms with Gasteiger partial charge in [0.2, 0.25) is 0 Å². The average molecular weight is 263 g/mol. The van der Waals surface area contributed by atoms with Gasteiger partial charge in [0.15, 0.2) is 5.76 Å². The summed E-state index contributed by atoms with van der Waals surface area (Å²) in [4.78, 5) is 11.3. The maximum absolute atomic E-state index is 11.3. The fourth-order valence-corrected chi connectivity index (χ4v) is 1.80. The lowest BCUT2D eigenvalue weighted by atomic mass is 10.1. The van der Waals surface area contributed by atoms with Gasteiger partial charge in [-0.05, 0) is 25.1 Å². The van der Waals surface area contributed by atoms with E-state index in [1.165, 1.54) is 14.2 Å². The van der Waals surface area contributed by atoms with Crippen LogP contribution in [0.4, 0.5) is 0 Å². The van der Waals surface area contributed by atoms with Crippen molar-refractivity contribution in [2.24, 2.45) is 0 Å². The lowest BCUT2D eigenvalue weighted by Crippen LogP contribution is -2.00. The Morgan fingerprint density at radius 2 is 2.05 bits per heavy atom. The molecule has 1 N–H and O–H groups in total. The maximum atomic E-state index is 11.3. The molecule has 0 bridgehead atoms. The number of aromatic nitrogens is 1. The molecule has 0 amide bonds. The Morgan fingerprint density at radius 3 is 2.63 bits per heavy atom. The predicted molar refractivity (Wildman–Crippen MR) is 66.7 cm³/mol. The molecular formula is C13H13NO5. The number of ether oxygens (including phenoxy) is 2. The van der Waals surface area contributed by atoms with Crippen LogP contribution < -0.4 is 9.47 Å². The van der Waals surface area contributed by atoms with Crippen molar-refractivity contribution in [3.05, 3.63) is 29.5 Å². The normalized spacial score (nSPS) is 10.3. The van der Waals surface area contributed by atoms with Gasteiger partial charge in [-0.1, -0.05) is 5.16 Å². The molecule has 0 atom stereocenters. The molecule has 0 saturated carbocycles. The zero-order chi connectivity index (χ0) is 14.0. The molecule has 0 spiro atoms. The van der Waals surface area contributed by atoms with E-state index in [4.69, 9.17) is 14.0 Å². The van der Waals surface area contributed by atoms with E-state index in [2.05, 4.69) is 5.16 Å². The molecule has 6 nitrogen and oxygen atoms in total. The Kier molecular flexibility index (Phi) is 3.41. The molecule has 100 valence electrons. The molecule has 0 saturated heterocycles. The molecule has 2 aromatic rings. The van der Waals surface area contributed by atoms with Crippen LogP contribution in [0, 0.1) is 6.92 Å². The van der Waals surface area contributed by atoms with Crippen molar-refractivity contribution in [3.63, 3.8) is 0 Å². The number of benzene rings is 1. The Hall–Kier alpha value is -2.50. The first-order valence-electron chi connectivity index (χ1n) is 5.50. The van der Waals surface area contributed by atoms with Gasteiger partial charge >= 0.3 is 5.97 Å². The van der Waals surface area contributed by atoms with Crippen molar-refractivity contribution in [2.75, 3.05) is 14.2 Å². The van der Waals surface area contributed by atoms with Crippen LogP contribution in [-0.2, 0) is 0 Å². The highest BCUT2D eigenvalue weighted by atomic mass is 16.5. The quantitative estimate of drug-likeness (QED) is 0.911. The maximum Gasteiger partial charge on any atom is 0.341 e. The first-order valence-corrected chi connectivity index (χ1v) is 5.50. The number of carboxylic acid groups (broad SMARTS) is 1. The summed E-state index contributed by atoms with van der Waals surface area (Å²) in [6, 6.07) is 5.04. The lowest BCUT2D eigenvalue weighted by Gasteiger charge is -2.08. The first-order chi connectivity index (χ1) is 9.08. The van der Waals surface area contributed by atoms with Crippen LogP contribution in [0.25, 0.3) is 11.3 Å². The summed E-state index contributed by atoms with van der Waals surface area (Å²) in [5.74, 6) is 0.111. The lowest BCUT2D eigenvalue weighted by molar-refractivity contribution is 0.0696. The minimum Gasteiger partial charge on any atom is -0.497 e. The molecule has 0 unspecified atom stereocenters. The number of methoxy groups -OCH3 is 2. The molecular weight excluding hydrogens is 250 g/mol. The van der Waals surface area contributed by atoms with Crippen LogP contribution in [-0.4, -0.2) is 30.5 Å². The molecule has 0 aliphatic rings. The Balaban J connectivity index is 2.67. The van der Waals surface area contributed by atoms with Crippen LogP contribution in [0.3, 0.4) is 0 Å². The first kappa shape index (κ1) is 12.9. The van der Waals surface area contributed by atoms with Crippen molar-refractivity contribution < 1.29 is 23.9 Å². The Bertz CT molecular complexity index is 617. The summed E-state index contributed by atoms with van der Waals surface area (Å²) in [6.45, 7) is 1.57. The summed E-state index contributed by atoms with van der Waals surface area (Å²) in [6.07, 6.45) is 0. The standard InChI is InChI=1S/C13H13NO5/c1-7-11(13(15)16)12(19-14-7)9-6-8(17-2)4-5-10(9)18-3/h4-6H,1-3H3,(H,15,16). The van der Waals surface area contributed by atoms with Crippen molar-refractivity contribution in [3.8, 4) is 22.8 Å². The molecule has 1 aromatic carbocycles. The molecule has 19 heavy (non-hydrogen) atoms. The fourth-order valence-electron chi connectivity index (χ4n) is 1.80. The SMILES string of the molecule is COc1ccc(OC)c(-c2onc(C)c2C(=O)O)c1. The number of carboxylic acids is 1. The van der Waals surface area contributed by atoms with Gasteiger partial charge in [0.25, 0.3) is 0 Å². The zero-order valence-electron chi connectivity index (χ0n) is 10.8. The summed E-state index contributed by atoms with van der Waals surface area (Å²) >= 11 is 0. The summed E-state index contributed by atoms with van der Waals surface area (Å²) in [5.41, 5.74) is 0.818. The average Bonchev–Trinajstić information content (AvgIpc) is 2.79. The van der Waals surface area contributed by atoms with Crippen molar-refractivity contribution in [1.29, 1.82) is 0 Å². The van der Waals surface area contributed by atoms with E-state index in [-0.39, 0.29) is 11.3 Å². The molecule has 2 rings (SSSR count). The van der Waals surface area contributed by atoms with Crippen LogP contribution in [0.2, 0.25) is 0 Å². The topological polar surface area (TPSA) is 81.8 Å². The van der Waals surface area contributed by atoms with Crippen molar-refractivity contribution in [2.45, 2.75) is 6.92 Å². The highest BCUT2D eigenvalue weighted by Gasteiger charge is 2.24. The third-order valence-electron chi connectivity index (χ3n) is 2.73. The third-order valence-corrected chi connectivity index (χ3v) is 2.73. The second-order valence-corrected chi connectivity index (χ2v) is 3.84. The van der Waals surface area contributed by atoms with E-state index in [0.29, 0.717) is 22.8 Å². The molecule has 0 fully saturated rings. The number of carbonyl (C=O) groups is 1. The third kappa shape index (κ3) is 2.24. The number of aromatic carboxylic acids is 1. The van der Waals surface area contributed by atoms with Gasteiger partial charge in [0.1, 0.15) is 17.1 Å². The molecule has 1 heterocycles. The molecule has 6 heteroatoms. The van der Waals surface area contributed by atoms with Gasteiger partial charge in [0.05, 0.1) is 25.5 Å². The van der Waals surface area contributed by atoms with E-state index in [9.17, 15) is 9.90 Å². The van der Waals surface area contributed by atoms with Gasteiger partial charge in [-0.3, -0.25) is 0 Å². The summed E-state index contributed by atoms with van der Waals surface area (Å²) < 4.78 is 15.4. The van der Waals surface area contributed by atoms with Gasteiger partial charge in [0, 0.05) is 0 Å². The van der Waals surface area contributed by atoms with Gasteiger partial charge in [-0.2, -0.15) is 0 Å². The Labute approximate surface area is 109 Å². The number of rotatable bonds is 4. The van der Waals surface area contributed by atoms with E-state index >= 15 is 0 Å². The molecule has 1 aromatic heterocycles. The fraction of sp³-hybridized carbons (Fsp3) is 0.231. The van der Waals surface area contributed by atoms with E-state index in [1.807, 2.05) is 0 Å². The zero-order valence-corrected chi connectivity index (χ0v) is 10.8. The van der Waals surface area contributed by atoms with Gasteiger partial charge in [-0.25, -0.2) is 4.79 Å². The smallest absolute Gasteiger partial charge is 0.341 e. The monoisotopic (exact) mass is 263 g/mol. The largest absolute Gasteiger partial charge is 0.497 e. The minimum atomic E-state index is -1.10. The van der Waals surface area contributed by atoms with Gasteiger partial charge < -0.3 is 19.1 Å². The van der Waals surface area contributed by atoms with E-state index < -0.39 is 5.97 Å². The van der Waals surface area contributed by atoms with Crippen molar-refractivity contribution >= 4 is 5.97 Å². The van der Waals surface area contributed by atoms with Crippen LogP contribution >= 0.6 is 0 Å². The summed E-state index contributed by atoms with van der Waals surface area (Å²) in [7, 11) is 3.02.